The Balaban J connectivity index is 3.94. The van der Waals surface area contributed by atoms with Crippen LogP contribution < -0.4 is 16.6 Å². The van der Waals surface area contributed by atoms with E-state index in [0.717, 1.165) is 0 Å². The van der Waals surface area contributed by atoms with Crippen molar-refractivity contribution in [2.24, 2.45) is 10.8 Å². The molecule has 0 aromatic heterocycles. The number of rotatable bonds is 2. The van der Waals surface area contributed by atoms with Crippen LogP contribution in [-0.2, 0) is 0 Å². The van der Waals surface area contributed by atoms with Crippen LogP contribution in [0.4, 0.5) is 13.2 Å². The molecule has 72 valence electrons. The van der Waals surface area contributed by atoms with Crippen LogP contribution in [0.2, 0.25) is 0 Å². The molecule has 0 aliphatic carbocycles. The minimum absolute atomic E-state index is 0.0603. The summed E-state index contributed by atoms with van der Waals surface area (Å²) >= 11 is 0. The number of alkyl halides is 3. The van der Waals surface area contributed by atoms with Gasteiger partial charge in [-0.05, 0) is 6.92 Å². The Hall–Kier alpha value is -0.980. The molecule has 0 saturated carbocycles. The van der Waals surface area contributed by atoms with Crippen LogP contribution in [-0.4, -0.2) is 25.2 Å². The summed E-state index contributed by atoms with van der Waals surface area (Å²) in [5, 5.41) is 2.52. The molecule has 7 heteroatoms. The summed E-state index contributed by atoms with van der Waals surface area (Å²) in [6.45, 7) is 0.945. The van der Waals surface area contributed by atoms with Gasteiger partial charge in [0.15, 0.2) is 0 Å². The normalized spacial score (nSPS) is 12.9. The van der Waals surface area contributed by atoms with Gasteiger partial charge in [-0.3, -0.25) is 5.43 Å². The van der Waals surface area contributed by atoms with Crippen molar-refractivity contribution in [3.8, 4) is 0 Å². The number of nitrogens with two attached hydrogens (primary N) is 1. The van der Waals surface area contributed by atoms with E-state index in [1.807, 2.05) is 5.43 Å². The number of guanidine groups is 1. The van der Waals surface area contributed by atoms with Crippen molar-refractivity contribution in [2.45, 2.75) is 13.1 Å². The minimum Gasteiger partial charge on any atom is -0.356 e. The Kier molecular flexibility index (Phi) is 4.42. The molecular weight excluding hydrogens is 173 g/mol. The Labute approximate surface area is 68.0 Å². The molecule has 0 amide bonds. The number of aliphatic imine (C=N–C) groups is 1. The molecule has 0 rings (SSSR count). The van der Waals surface area contributed by atoms with Crippen molar-refractivity contribution in [1.82, 2.24) is 10.7 Å². The third kappa shape index (κ3) is 5.78. The summed E-state index contributed by atoms with van der Waals surface area (Å²) in [4.78, 5) is 3.15. The van der Waals surface area contributed by atoms with Crippen molar-refractivity contribution < 1.29 is 13.2 Å². The van der Waals surface area contributed by atoms with E-state index < -0.39 is 12.7 Å². The fourth-order valence-electron chi connectivity index (χ4n) is 0.489. The van der Waals surface area contributed by atoms with Gasteiger partial charge in [-0.2, -0.15) is 13.2 Å². The molecule has 0 heterocycles. The minimum atomic E-state index is -4.29. The van der Waals surface area contributed by atoms with E-state index in [4.69, 9.17) is 5.84 Å². The highest BCUT2D eigenvalue weighted by Gasteiger charge is 2.26. The summed E-state index contributed by atoms with van der Waals surface area (Å²) in [6.07, 6.45) is -4.29. The van der Waals surface area contributed by atoms with Crippen LogP contribution in [0.25, 0.3) is 0 Å². The van der Waals surface area contributed by atoms with Crippen molar-refractivity contribution in [3.63, 3.8) is 0 Å². The van der Waals surface area contributed by atoms with Crippen molar-refractivity contribution in [3.05, 3.63) is 0 Å². The van der Waals surface area contributed by atoms with E-state index in [9.17, 15) is 13.2 Å². The zero-order chi connectivity index (χ0) is 9.61. The molecule has 0 aliphatic rings. The number of hydrogen-bond donors (Lipinski definition) is 3. The first-order chi connectivity index (χ1) is 5.49. The topological polar surface area (TPSA) is 62.4 Å². The van der Waals surface area contributed by atoms with Gasteiger partial charge >= 0.3 is 6.18 Å². The molecule has 0 aromatic rings. The second-order valence-electron chi connectivity index (χ2n) is 1.95. The SMILES string of the molecule is CCNC(=NCC(F)(F)F)NN. The second-order valence-corrected chi connectivity index (χ2v) is 1.95. The van der Waals surface area contributed by atoms with E-state index in [2.05, 4.69) is 10.3 Å². The van der Waals surface area contributed by atoms with Gasteiger partial charge in [-0.15, -0.1) is 0 Å². The summed E-state index contributed by atoms with van der Waals surface area (Å²) in [6, 6.07) is 0. The molecule has 12 heavy (non-hydrogen) atoms. The lowest BCUT2D eigenvalue weighted by molar-refractivity contribution is -0.118. The molecule has 0 fully saturated rings. The average molecular weight is 184 g/mol. The zero-order valence-corrected chi connectivity index (χ0v) is 6.57. The summed E-state index contributed by atoms with van der Waals surface area (Å²) in [7, 11) is 0. The average Bonchev–Trinajstić information content (AvgIpc) is 1.96. The Bertz CT molecular complexity index is 153. The first-order valence-electron chi connectivity index (χ1n) is 3.31. The van der Waals surface area contributed by atoms with Crippen molar-refractivity contribution >= 4 is 5.96 Å². The third-order valence-electron chi connectivity index (χ3n) is 0.897. The predicted octanol–water partition coefficient (Wildman–Crippen LogP) is -0.0225. The smallest absolute Gasteiger partial charge is 0.356 e. The Morgan fingerprint density at radius 2 is 2.08 bits per heavy atom. The molecule has 0 spiro atoms. The van der Waals surface area contributed by atoms with E-state index >= 15 is 0 Å². The van der Waals surface area contributed by atoms with E-state index in [1.165, 1.54) is 0 Å². The maximum absolute atomic E-state index is 11.6. The molecule has 0 atom stereocenters. The van der Waals surface area contributed by atoms with Crippen molar-refractivity contribution in [1.29, 1.82) is 0 Å². The molecule has 0 aliphatic heterocycles. The maximum atomic E-state index is 11.6. The van der Waals surface area contributed by atoms with Gasteiger partial charge in [0, 0.05) is 6.54 Å². The van der Waals surface area contributed by atoms with Crippen LogP contribution in [0.15, 0.2) is 4.99 Å². The lowest BCUT2D eigenvalue weighted by Gasteiger charge is -2.07. The quantitative estimate of drug-likeness (QED) is 0.244. The van der Waals surface area contributed by atoms with Gasteiger partial charge < -0.3 is 5.32 Å². The highest BCUT2D eigenvalue weighted by atomic mass is 19.4. The van der Waals surface area contributed by atoms with Gasteiger partial charge in [0.05, 0.1) is 0 Å². The van der Waals surface area contributed by atoms with Gasteiger partial charge in [0.2, 0.25) is 5.96 Å². The monoisotopic (exact) mass is 184 g/mol. The molecule has 0 unspecified atom stereocenters. The molecule has 0 radical (unpaired) electrons. The van der Waals surface area contributed by atoms with Crippen LogP contribution in [0.5, 0.6) is 0 Å². The van der Waals surface area contributed by atoms with Crippen LogP contribution in [0.1, 0.15) is 6.92 Å². The summed E-state index contributed by atoms with van der Waals surface area (Å²) in [5.41, 5.74) is 2.01. The van der Waals surface area contributed by atoms with Crippen molar-refractivity contribution in [2.75, 3.05) is 13.1 Å². The van der Waals surface area contributed by atoms with E-state index in [-0.39, 0.29) is 5.96 Å². The highest BCUT2D eigenvalue weighted by Crippen LogP contribution is 2.13. The van der Waals surface area contributed by atoms with Gasteiger partial charge in [0.25, 0.3) is 0 Å². The third-order valence-corrected chi connectivity index (χ3v) is 0.897. The van der Waals surface area contributed by atoms with E-state index in [0.29, 0.717) is 6.54 Å². The predicted molar refractivity (Wildman–Crippen MR) is 39.4 cm³/mol. The number of nitrogens with one attached hydrogen (secondary N) is 2. The summed E-state index contributed by atoms with van der Waals surface area (Å²) in [5.74, 6) is 4.82. The Morgan fingerprint density at radius 3 is 2.42 bits per heavy atom. The Morgan fingerprint density at radius 1 is 1.50 bits per heavy atom. The second kappa shape index (κ2) is 4.81. The zero-order valence-electron chi connectivity index (χ0n) is 6.57. The summed E-state index contributed by atoms with van der Waals surface area (Å²) < 4.78 is 34.8. The highest BCUT2D eigenvalue weighted by molar-refractivity contribution is 5.79. The van der Waals surface area contributed by atoms with E-state index in [1.54, 1.807) is 6.92 Å². The van der Waals surface area contributed by atoms with Gasteiger partial charge in [-0.25, -0.2) is 10.8 Å². The van der Waals surface area contributed by atoms with Crippen LogP contribution >= 0.6 is 0 Å². The number of nitrogens with zero attached hydrogens (tertiary/aromatic N) is 1. The first-order valence-corrected chi connectivity index (χ1v) is 3.31. The first kappa shape index (κ1) is 11.0. The molecular formula is C5H11F3N4. The van der Waals surface area contributed by atoms with Crippen LogP contribution in [0, 0.1) is 0 Å². The van der Waals surface area contributed by atoms with Gasteiger partial charge in [0.1, 0.15) is 6.54 Å². The lowest BCUT2D eigenvalue weighted by atomic mass is 10.6. The largest absolute Gasteiger partial charge is 0.408 e. The molecule has 0 bridgehead atoms. The number of hydrazine groups is 1. The molecule has 4 nitrogen and oxygen atoms in total. The standard InChI is InChI=1S/C5H11F3N4/c1-2-10-4(12-9)11-3-5(6,7)8/h2-3,9H2,1H3,(H2,10,11,12). The fraction of sp³-hybridized carbons (Fsp3) is 0.800. The molecule has 4 N–H and O–H groups in total. The van der Waals surface area contributed by atoms with Gasteiger partial charge in [-0.1, -0.05) is 0 Å². The number of hydrogen-bond acceptors (Lipinski definition) is 2. The molecule has 0 aromatic carbocycles. The lowest BCUT2D eigenvalue weighted by Crippen LogP contribution is -2.42. The maximum Gasteiger partial charge on any atom is 0.408 e. The molecule has 0 saturated heterocycles. The van der Waals surface area contributed by atoms with Crippen LogP contribution in [0.3, 0.4) is 0 Å². The fourth-order valence-corrected chi connectivity index (χ4v) is 0.489. The number of halogens is 3.